The van der Waals surface area contributed by atoms with Crippen molar-refractivity contribution < 1.29 is 14.3 Å². The van der Waals surface area contributed by atoms with Gasteiger partial charge in [0.1, 0.15) is 5.82 Å². The number of aromatic nitrogens is 2. The smallest absolute Gasteiger partial charge is 0.229 e. The third-order valence-corrected chi connectivity index (χ3v) is 5.82. The fourth-order valence-electron chi connectivity index (χ4n) is 4.01. The van der Waals surface area contributed by atoms with Crippen LogP contribution in [0.2, 0.25) is 0 Å². The van der Waals surface area contributed by atoms with E-state index in [1.54, 1.807) is 14.2 Å². The predicted octanol–water partition coefficient (Wildman–Crippen LogP) is 1.68. The summed E-state index contributed by atoms with van der Waals surface area (Å²) in [5.74, 6) is 1.11. The Hall–Kier alpha value is -1.83. The highest BCUT2D eigenvalue weighted by Crippen LogP contribution is 2.39. The summed E-state index contributed by atoms with van der Waals surface area (Å²) in [4.78, 5) is 26.4. The molecule has 1 saturated heterocycles. The van der Waals surface area contributed by atoms with Gasteiger partial charge in [-0.1, -0.05) is 12.2 Å². The maximum absolute atomic E-state index is 13.2. The third kappa shape index (κ3) is 5.16. The Kier molecular flexibility index (Phi) is 7.53. The van der Waals surface area contributed by atoms with Crippen LogP contribution in [0, 0.1) is 5.41 Å². The molecule has 0 radical (unpaired) electrons. The van der Waals surface area contributed by atoms with Gasteiger partial charge in [0.05, 0.1) is 18.6 Å². The highest BCUT2D eigenvalue weighted by atomic mass is 16.5. The van der Waals surface area contributed by atoms with Gasteiger partial charge in [-0.15, -0.1) is 0 Å². The number of nitrogens with zero attached hydrogens (tertiary/aromatic N) is 4. The van der Waals surface area contributed by atoms with Crippen molar-refractivity contribution >= 4 is 5.91 Å². The lowest BCUT2D eigenvalue weighted by Gasteiger charge is -2.42. The van der Waals surface area contributed by atoms with E-state index in [1.165, 1.54) is 0 Å². The molecule has 7 heteroatoms. The number of allylic oxidation sites excluding steroid dienone is 1. The summed E-state index contributed by atoms with van der Waals surface area (Å²) in [6, 6.07) is 0. The Bertz CT molecular complexity index is 654. The first-order valence-corrected chi connectivity index (χ1v) is 10.1. The molecule has 1 amide bonds. The number of amides is 1. The van der Waals surface area contributed by atoms with Crippen molar-refractivity contribution in [1.29, 1.82) is 0 Å². The van der Waals surface area contributed by atoms with E-state index in [9.17, 15) is 4.79 Å². The van der Waals surface area contributed by atoms with E-state index in [1.807, 2.05) is 17.3 Å². The van der Waals surface area contributed by atoms with E-state index in [0.29, 0.717) is 32.2 Å². The van der Waals surface area contributed by atoms with Crippen LogP contribution in [0.5, 0.6) is 0 Å². The topological polar surface area (TPSA) is 67.8 Å². The summed E-state index contributed by atoms with van der Waals surface area (Å²) < 4.78 is 10.2. The van der Waals surface area contributed by atoms with Gasteiger partial charge in [0.25, 0.3) is 0 Å². The number of piperidine rings is 1. The number of likely N-dealkylation sites (tertiary alicyclic amines) is 1. The van der Waals surface area contributed by atoms with Gasteiger partial charge in [0, 0.05) is 58.2 Å². The van der Waals surface area contributed by atoms with Crippen LogP contribution < -0.4 is 0 Å². The van der Waals surface area contributed by atoms with Crippen LogP contribution in [0.3, 0.4) is 0 Å². The molecule has 0 saturated carbocycles. The molecule has 2 aliphatic rings. The molecule has 1 spiro atoms. The normalized spacial score (nSPS) is 19.9. The number of hydrogen-bond acceptors (Lipinski definition) is 6. The van der Waals surface area contributed by atoms with Crippen LogP contribution in [0.4, 0.5) is 0 Å². The van der Waals surface area contributed by atoms with E-state index in [0.717, 1.165) is 56.7 Å². The van der Waals surface area contributed by atoms with Crippen molar-refractivity contribution in [2.45, 2.75) is 32.2 Å². The van der Waals surface area contributed by atoms with Gasteiger partial charge in [0.15, 0.2) is 0 Å². The van der Waals surface area contributed by atoms with E-state index in [2.05, 4.69) is 27.0 Å². The summed E-state index contributed by atoms with van der Waals surface area (Å²) in [6.07, 6.45) is 11.5. The molecule has 0 bridgehead atoms. The summed E-state index contributed by atoms with van der Waals surface area (Å²) >= 11 is 0. The highest BCUT2D eigenvalue weighted by molar-refractivity contribution is 5.83. The molecule has 0 unspecified atom stereocenters. The molecule has 2 aliphatic heterocycles. The summed E-state index contributed by atoms with van der Waals surface area (Å²) in [6.45, 7) is 5.25. The third-order valence-electron chi connectivity index (χ3n) is 5.82. The molecule has 3 rings (SSSR count). The second-order valence-corrected chi connectivity index (χ2v) is 7.73. The summed E-state index contributed by atoms with van der Waals surface area (Å²) in [5.41, 5.74) is 0.864. The minimum Gasteiger partial charge on any atom is -0.384 e. The van der Waals surface area contributed by atoms with Gasteiger partial charge in [-0.25, -0.2) is 9.97 Å². The summed E-state index contributed by atoms with van der Waals surface area (Å²) in [5, 5.41) is 0. The zero-order valence-corrected chi connectivity index (χ0v) is 17.1. The first-order chi connectivity index (χ1) is 13.7. The van der Waals surface area contributed by atoms with Gasteiger partial charge >= 0.3 is 0 Å². The Labute approximate surface area is 167 Å². The van der Waals surface area contributed by atoms with Crippen LogP contribution in [0.25, 0.3) is 0 Å². The van der Waals surface area contributed by atoms with Crippen molar-refractivity contribution in [3.05, 3.63) is 35.9 Å². The number of rotatable bonds is 8. The molecule has 7 nitrogen and oxygen atoms in total. The minimum atomic E-state index is -0.252. The van der Waals surface area contributed by atoms with E-state index in [-0.39, 0.29) is 5.41 Å². The number of ether oxygens (including phenoxy) is 2. The van der Waals surface area contributed by atoms with Gasteiger partial charge in [-0.2, -0.15) is 0 Å². The maximum atomic E-state index is 13.2. The van der Waals surface area contributed by atoms with Crippen LogP contribution in [-0.2, 0) is 27.2 Å². The standard InChI is InChI=1S/C21H32N4O3/c1-27-13-5-19-22-15-18(16-23-19)17-24-10-7-21(8-11-24)6-3-4-9-25(20(21)26)12-14-28-2/h3-4,15-16H,5-14,17H2,1-2H3. The van der Waals surface area contributed by atoms with Crippen molar-refractivity contribution in [1.82, 2.24) is 19.8 Å². The molecule has 0 aromatic carbocycles. The number of hydrogen-bond donors (Lipinski definition) is 0. The molecule has 28 heavy (non-hydrogen) atoms. The Balaban J connectivity index is 1.55. The second-order valence-electron chi connectivity index (χ2n) is 7.73. The van der Waals surface area contributed by atoms with Crippen LogP contribution in [0.1, 0.15) is 30.7 Å². The van der Waals surface area contributed by atoms with E-state index >= 15 is 0 Å². The van der Waals surface area contributed by atoms with Crippen LogP contribution in [0.15, 0.2) is 24.5 Å². The average Bonchev–Trinajstić information content (AvgIpc) is 2.87. The largest absolute Gasteiger partial charge is 0.384 e. The number of carbonyl (C=O) groups excluding carboxylic acids is 1. The average molecular weight is 389 g/mol. The van der Waals surface area contributed by atoms with E-state index < -0.39 is 0 Å². The molecule has 1 aromatic heterocycles. The number of carbonyl (C=O) groups is 1. The molecule has 3 heterocycles. The SMILES string of the molecule is COCCc1ncc(CN2CCC3(CC=CCN(CCOC)C3=O)CC2)cn1. The maximum Gasteiger partial charge on any atom is 0.229 e. The zero-order chi connectivity index (χ0) is 19.8. The van der Waals surface area contributed by atoms with E-state index in [4.69, 9.17) is 9.47 Å². The highest BCUT2D eigenvalue weighted by Gasteiger charge is 2.43. The van der Waals surface area contributed by atoms with Crippen molar-refractivity contribution in [2.24, 2.45) is 5.41 Å². The molecule has 1 fully saturated rings. The first-order valence-electron chi connectivity index (χ1n) is 10.1. The van der Waals surface area contributed by atoms with Gasteiger partial charge in [-0.05, 0) is 32.4 Å². The zero-order valence-electron chi connectivity index (χ0n) is 17.1. The fourth-order valence-corrected chi connectivity index (χ4v) is 4.01. The monoisotopic (exact) mass is 388 g/mol. The lowest BCUT2D eigenvalue weighted by Crippen LogP contribution is -2.50. The Morgan fingerprint density at radius 3 is 2.46 bits per heavy atom. The van der Waals surface area contributed by atoms with Crippen molar-refractivity contribution in [3.8, 4) is 0 Å². The first kappa shape index (κ1) is 20.9. The quantitative estimate of drug-likeness (QED) is 0.631. The minimum absolute atomic E-state index is 0.252. The predicted molar refractivity (Wildman–Crippen MR) is 107 cm³/mol. The van der Waals surface area contributed by atoms with Crippen molar-refractivity contribution in [2.75, 3.05) is 53.6 Å². The molecule has 154 valence electrons. The van der Waals surface area contributed by atoms with Gasteiger partial charge in [-0.3, -0.25) is 9.69 Å². The fraction of sp³-hybridized carbons (Fsp3) is 0.667. The second kappa shape index (κ2) is 10.1. The number of methoxy groups -OCH3 is 2. The lowest BCUT2D eigenvalue weighted by atomic mass is 9.74. The molecule has 0 N–H and O–H groups in total. The summed E-state index contributed by atoms with van der Waals surface area (Å²) in [7, 11) is 3.36. The molecule has 1 aromatic rings. The van der Waals surface area contributed by atoms with Crippen LogP contribution >= 0.6 is 0 Å². The lowest BCUT2D eigenvalue weighted by molar-refractivity contribution is -0.144. The van der Waals surface area contributed by atoms with Crippen LogP contribution in [-0.4, -0.2) is 79.3 Å². The molecule has 0 atom stereocenters. The van der Waals surface area contributed by atoms with Gasteiger partial charge < -0.3 is 14.4 Å². The molecule has 0 aliphatic carbocycles. The Morgan fingerprint density at radius 1 is 1.07 bits per heavy atom. The Morgan fingerprint density at radius 2 is 1.79 bits per heavy atom. The van der Waals surface area contributed by atoms with Crippen molar-refractivity contribution in [3.63, 3.8) is 0 Å². The van der Waals surface area contributed by atoms with Gasteiger partial charge in [0.2, 0.25) is 5.91 Å². The molecular weight excluding hydrogens is 356 g/mol. The molecular formula is C21H32N4O3.